The molecule has 0 heterocycles. The van der Waals surface area contributed by atoms with Gasteiger partial charge in [-0.2, -0.15) is 0 Å². The van der Waals surface area contributed by atoms with E-state index in [1.54, 1.807) is 13.8 Å². The van der Waals surface area contributed by atoms with Crippen molar-refractivity contribution >= 4 is 5.97 Å². The van der Waals surface area contributed by atoms with E-state index in [-0.39, 0.29) is 17.0 Å². The van der Waals surface area contributed by atoms with Crippen LogP contribution < -0.4 is 0 Å². The summed E-state index contributed by atoms with van der Waals surface area (Å²) in [6, 6.07) is 2.23. The number of aliphatic hydroxyl groups is 1. The molecular formula is C11H14O5. The molecule has 0 spiro atoms. The SMILES string of the molecule is CC(C)C(O)c1c(C(=O)O)ccc(O)c1O. The van der Waals surface area contributed by atoms with Gasteiger partial charge in [0.15, 0.2) is 11.5 Å². The van der Waals surface area contributed by atoms with Gasteiger partial charge in [0.2, 0.25) is 0 Å². The van der Waals surface area contributed by atoms with E-state index >= 15 is 0 Å². The number of aliphatic hydroxyl groups excluding tert-OH is 1. The normalized spacial score (nSPS) is 12.8. The predicted molar refractivity (Wildman–Crippen MR) is 56.5 cm³/mol. The highest BCUT2D eigenvalue weighted by Gasteiger charge is 2.25. The number of benzene rings is 1. The quantitative estimate of drug-likeness (QED) is 0.585. The molecule has 0 bridgehead atoms. The highest BCUT2D eigenvalue weighted by Crippen LogP contribution is 2.38. The number of rotatable bonds is 3. The molecule has 0 aliphatic heterocycles. The molecule has 0 aliphatic carbocycles. The molecule has 88 valence electrons. The Morgan fingerprint density at radius 2 is 1.81 bits per heavy atom. The minimum absolute atomic E-state index is 0.150. The molecule has 0 aliphatic rings. The van der Waals surface area contributed by atoms with E-state index in [0.717, 1.165) is 12.1 Å². The fourth-order valence-corrected chi connectivity index (χ4v) is 1.42. The maximum Gasteiger partial charge on any atom is 0.336 e. The first kappa shape index (κ1) is 12.3. The number of phenols is 2. The van der Waals surface area contributed by atoms with Crippen LogP contribution in [0.1, 0.15) is 35.9 Å². The summed E-state index contributed by atoms with van der Waals surface area (Å²) in [5.41, 5.74) is -0.362. The lowest BCUT2D eigenvalue weighted by Gasteiger charge is -2.18. The molecule has 0 amide bonds. The first-order valence-corrected chi connectivity index (χ1v) is 4.82. The first-order chi connectivity index (χ1) is 7.36. The molecular weight excluding hydrogens is 212 g/mol. The lowest BCUT2D eigenvalue weighted by Crippen LogP contribution is -2.12. The van der Waals surface area contributed by atoms with Crippen LogP contribution in [0.2, 0.25) is 0 Å². The fraction of sp³-hybridized carbons (Fsp3) is 0.364. The Bertz CT molecular complexity index is 411. The number of phenolic OH excluding ortho intramolecular Hbond substituents is 2. The number of carboxylic acids is 1. The lowest BCUT2D eigenvalue weighted by atomic mass is 9.93. The summed E-state index contributed by atoms with van der Waals surface area (Å²) in [4.78, 5) is 10.9. The van der Waals surface area contributed by atoms with Crippen LogP contribution in [0.5, 0.6) is 11.5 Å². The molecule has 1 aromatic rings. The second-order valence-corrected chi connectivity index (χ2v) is 3.89. The Morgan fingerprint density at radius 3 is 2.25 bits per heavy atom. The van der Waals surface area contributed by atoms with Crippen LogP contribution in [0, 0.1) is 5.92 Å². The van der Waals surface area contributed by atoms with Gasteiger partial charge in [-0.05, 0) is 18.1 Å². The van der Waals surface area contributed by atoms with Gasteiger partial charge in [0.05, 0.1) is 11.7 Å². The van der Waals surface area contributed by atoms with Gasteiger partial charge in [-0.3, -0.25) is 0 Å². The summed E-state index contributed by atoms with van der Waals surface area (Å²) >= 11 is 0. The van der Waals surface area contributed by atoms with E-state index < -0.39 is 23.6 Å². The van der Waals surface area contributed by atoms with Gasteiger partial charge in [0.1, 0.15) is 0 Å². The summed E-state index contributed by atoms with van der Waals surface area (Å²) < 4.78 is 0. The molecule has 1 aromatic carbocycles. The molecule has 0 aromatic heterocycles. The zero-order chi connectivity index (χ0) is 12.5. The van der Waals surface area contributed by atoms with E-state index in [1.165, 1.54) is 0 Å². The highest BCUT2D eigenvalue weighted by molar-refractivity contribution is 5.91. The zero-order valence-corrected chi connectivity index (χ0v) is 9.01. The Hall–Kier alpha value is -1.75. The van der Waals surface area contributed by atoms with Crippen LogP contribution in [0.25, 0.3) is 0 Å². The second-order valence-electron chi connectivity index (χ2n) is 3.89. The van der Waals surface area contributed by atoms with E-state index in [9.17, 15) is 20.1 Å². The molecule has 0 radical (unpaired) electrons. The van der Waals surface area contributed by atoms with Crippen molar-refractivity contribution in [2.75, 3.05) is 0 Å². The molecule has 0 fully saturated rings. The third-order valence-electron chi connectivity index (χ3n) is 2.35. The maximum absolute atomic E-state index is 10.9. The van der Waals surface area contributed by atoms with Crippen molar-refractivity contribution in [3.63, 3.8) is 0 Å². The van der Waals surface area contributed by atoms with Gasteiger partial charge < -0.3 is 20.4 Å². The van der Waals surface area contributed by atoms with Crippen LogP contribution >= 0.6 is 0 Å². The summed E-state index contributed by atoms with van der Waals surface area (Å²) in [7, 11) is 0. The summed E-state index contributed by atoms with van der Waals surface area (Å²) in [5, 5.41) is 37.6. The summed E-state index contributed by atoms with van der Waals surface area (Å²) in [6.45, 7) is 3.36. The van der Waals surface area contributed by atoms with Crippen molar-refractivity contribution in [3.05, 3.63) is 23.3 Å². The number of hydrogen-bond donors (Lipinski definition) is 4. The third-order valence-corrected chi connectivity index (χ3v) is 2.35. The molecule has 1 unspecified atom stereocenters. The minimum Gasteiger partial charge on any atom is -0.504 e. The maximum atomic E-state index is 10.9. The predicted octanol–water partition coefficient (Wildman–Crippen LogP) is 1.49. The van der Waals surface area contributed by atoms with E-state index in [1.807, 2.05) is 0 Å². The summed E-state index contributed by atoms with van der Waals surface area (Å²) in [6.07, 6.45) is -1.14. The van der Waals surface area contributed by atoms with Crippen LogP contribution in [0.3, 0.4) is 0 Å². The van der Waals surface area contributed by atoms with Gasteiger partial charge in [-0.25, -0.2) is 4.79 Å². The molecule has 4 N–H and O–H groups in total. The van der Waals surface area contributed by atoms with Crippen molar-refractivity contribution in [2.45, 2.75) is 20.0 Å². The molecule has 0 saturated heterocycles. The van der Waals surface area contributed by atoms with Gasteiger partial charge in [-0.15, -0.1) is 0 Å². The first-order valence-electron chi connectivity index (χ1n) is 4.82. The molecule has 16 heavy (non-hydrogen) atoms. The molecule has 0 saturated carbocycles. The number of hydrogen-bond acceptors (Lipinski definition) is 4. The van der Waals surface area contributed by atoms with Gasteiger partial charge in [0, 0.05) is 5.56 Å². The average Bonchev–Trinajstić information content (AvgIpc) is 2.20. The van der Waals surface area contributed by atoms with Crippen LogP contribution in [-0.2, 0) is 0 Å². The molecule has 5 nitrogen and oxygen atoms in total. The molecule has 1 atom stereocenters. The summed E-state index contributed by atoms with van der Waals surface area (Å²) in [5.74, 6) is -2.56. The third kappa shape index (κ3) is 2.09. The van der Waals surface area contributed by atoms with Crippen LogP contribution in [0.15, 0.2) is 12.1 Å². The average molecular weight is 226 g/mol. The van der Waals surface area contributed by atoms with E-state index in [0.29, 0.717) is 0 Å². The Morgan fingerprint density at radius 1 is 1.25 bits per heavy atom. The van der Waals surface area contributed by atoms with Gasteiger partial charge >= 0.3 is 5.97 Å². The lowest BCUT2D eigenvalue weighted by molar-refractivity contribution is 0.0680. The largest absolute Gasteiger partial charge is 0.504 e. The highest BCUT2D eigenvalue weighted by atomic mass is 16.4. The smallest absolute Gasteiger partial charge is 0.336 e. The van der Waals surface area contributed by atoms with Crippen molar-refractivity contribution in [1.29, 1.82) is 0 Å². The Labute approximate surface area is 92.6 Å². The number of aromatic carboxylic acids is 1. The van der Waals surface area contributed by atoms with E-state index in [4.69, 9.17) is 5.11 Å². The van der Waals surface area contributed by atoms with Crippen LogP contribution in [-0.4, -0.2) is 26.4 Å². The second kappa shape index (κ2) is 4.40. The monoisotopic (exact) mass is 226 g/mol. The van der Waals surface area contributed by atoms with Crippen molar-refractivity contribution < 1.29 is 25.2 Å². The molecule has 5 heteroatoms. The number of carbonyl (C=O) groups is 1. The van der Waals surface area contributed by atoms with Crippen molar-refractivity contribution in [1.82, 2.24) is 0 Å². The Kier molecular flexibility index (Phi) is 3.39. The van der Waals surface area contributed by atoms with Gasteiger partial charge in [-0.1, -0.05) is 13.8 Å². The van der Waals surface area contributed by atoms with Gasteiger partial charge in [0.25, 0.3) is 0 Å². The Balaban J connectivity index is 3.43. The topological polar surface area (TPSA) is 98.0 Å². The molecule has 1 rings (SSSR count). The fourth-order valence-electron chi connectivity index (χ4n) is 1.42. The number of carboxylic acid groups (broad SMARTS) is 1. The van der Waals surface area contributed by atoms with E-state index in [2.05, 4.69) is 0 Å². The van der Waals surface area contributed by atoms with Crippen molar-refractivity contribution in [2.24, 2.45) is 5.92 Å². The van der Waals surface area contributed by atoms with Crippen LogP contribution in [0.4, 0.5) is 0 Å². The number of aromatic hydroxyl groups is 2. The standard InChI is InChI=1S/C11H14O5/c1-5(2)9(13)8-6(11(15)16)3-4-7(12)10(8)14/h3-5,9,12-14H,1-2H3,(H,15,16). The zero-order valence-electron chi connectivity index (χ0n) is 9.01. The van der Waals surface area contributed by atoms with Crippen molar-refractivity contribution in [3.8, 4) is 11.5 Å². The minimum atomic E-state index is -1.26.